The molecule has 2 unspecified atom stereocenters. The Hall–Kier alpha value is -2.08. The van der Waals surface area contributed by atoms with Crippen LogP contribution in [0.25, 0.3) is 0 Å². The van der Waals surface area contributed by atoms with E-state index in [2.05, 4.69) is 10.6 Å². The molecule has 0 aromatic heterocycles. The molecule has 19 heavy (non-hydrogen) atoms. The Kier molecular flexibility index (Phi) is 2.50. The Labute approximate surface area is 109 Å². The molecule has 2 aliphatic rings. The zero-order chi connectivity index (χ0) is 13.6. The third kappa shape index (κ3) is 1.76. The Morgan fingerprint density at radius 2 is 2.26 bits per heavy atom. The first-order valence-corrected chi connectivity index (χ1v) is 6.04. The number of benzene rings is 1. The fraction of sp³-hybridized carbons (Fsp3) is 0.385. The maximum atomic E-state index is 12.3. The Bertz CT molecular complexity index is 572. The summed E-state index contributed by atoms with van der Waals surface area (Å²) in [7, 11) is 0. The Morgan fingerprint density at radius 3 is 3.00 bits per heavy atom. The molecule has 6 heteroatoms. The van der Waals surface area contributed by atoms with Crippen LogP contribution in [0.2, 0.25) is 0 Å². The summed E-state index contributed by atoms with van der Waals surface area (Å²) in [5, 5.41) is 15.0. The number of carboxylic acid groups (broad SMARTS) is 1. The van der Waals surface area contributed by atoms with Gasteiger partial charge in [0.25, 0.3) is 0 Å². The number of aromatic carboxylic acids is 1. The second kappa shape index (κ2) is 3.96. The number of rotatable bonds is 1. The largest absolute Gasteiger partial charge is 0.478 e. The molecular weight excluding hydrogens is 248 g/mol. The number of ether oxygens (including phenoxy) is 1. The molecule has 1 aromatic carbocycles. The summed E-state index contributed by atoms with van der Waals surface area (Å²) in [5.74, 6) is -1.10. The molecule has 0 saturated carbocycles. The highest BCUT2D eigenvalue weighted by atomic mass is 16.5. The number of anilines is 2. The molecule has 0 spiro atoms. The molecular formula is C13H14N2O4. The number of fused-ring (bicyclic) bond motifs is 2. The average molecular weight is 262 g/mol. The van der Waals surface area contributed by atoms with Crippen molar-refractivity contribution in [3.63, 3.8) is 0 Å². The lowest BCUT2D eigenvalue weighted by Gasteiger charge is -2.25. The third-order valence-corrected chi connectivity index (χ3v) is 3.82. The second-order valence-corrected chi connectivity index (χ2v) is 5.15. The van der Waals surface area contributed by atoms with Crippen LogP contribution in [0.4, 0.5) is 11.4 Å². The van der Waals surface area contributed by atoms with E-state index in [0.717, 1.165) is 0 Å². The van der Waals surface area contributed by atoms with Crippen LogP contribution >= 0.6 is 0 Å². The van der Waals surface area contributed by atoms with E-state index in [0.29, 0.717) is 24.6 Å². The fourth-order valence-corrected chi connectivity index (χ4v) is 2.46. The molecule has 1 aromatic rings. The topological polar surface area (TPSA) is 87.7 Å². The molecule has 100 valence electrons. The number of carboxylic acids is 1. The van der Waals surface area contributed by atoms with Crippen molar-refractivity contribution in [3.8, 4) is 0 Å². The second-order valence-electron chi connectivity index (χ2n) is 5.15. The van der Waals surface area contributed by atoms with Crippen LogP contribution < -0.4 is 10.6 Å². The summed E-state index contributed by atoms with van der Waals surface area (Å²) in [6.45, 7) is 2.63. The number of hydrogen-bond acceptors (Lipinski definition) is 4. The predicted octanol–water partition coefficient (Wildman–Crippen LogP) is 1.15. The first-order chi connectivity index (χ1) is 9.00. The summed E-state index contributed by atoms with van der Waals surface area (Å²) < 4.78 is 5.37. The minimum absolute atomic E-state index is 0.107. The number of amides is 1. The van der Waals surface area contributed by atoms with E-state index in [4.69, 9.17) is 9.84 Å². The van der Waals surface area contributed by atoms with Crippen LogP contribution in [0.5, 0.6) is 0 Å². The van der Waals surface area contributed by atoms with E-state index in [1.165, 1.54) is 12.1 Å². The highest BCUT2D eigenvalue weighted by Gasteiger charge is 2.48. The summed E-state index contributed by atoms with van der Waals surface area (Å²) in [6.07, 6.45) is 0. The van der Waals surface area contributed by atoms with Crippen molar-refractivity contribution in [2.75, 3.05) is 23.8 Å². The van der Waals surface area contributed by atoms with Crippen molar-refractivity contribution in [1.29, 1.82) is 0 Å². The van der Waals surface area contributed by atoms with Crippen LogP contribution in [-0.2, 0) is 9.53 Å². The fourth-order valence-electron chi connectivity index (χ4n) is 2.46. The molecule has 2 aliphatic heterocycles. The van der Waals surface area contributed by atoms with Crippen molar-refractivity contribution in [1.82, 2.24) is 0 Å². The molecule has 0 radical (unpaired) electrons. The lowest BCUT2D eigenvalue weighted by Crippen LogP contribution is -2.44. The van der Waals surface area contributed by atoms with Gasteiger partial charge < -0.3 is 20.5 Å². The van der Waals surface area contributed by atoms with Crippen LogP contribution in [0.3, 0.4) is 0 Å². The molecule has 2 atom stereocenters. The van der Waals surface area contributed by atoms with E-state index in [1.54, 1.807) is 6.07 Å². The minimum Gasteiger partial charge on any atom is -0.478 e. The van der Waals surface area contributed by atoms with Gasteiger partial charge in [-0.15, -0.1) is 0 Å². The highest BCUT2D eigenvalue weighted by Crippen LogP contribution is 2.38. The third-order valence-electron chi connectivity index (χ3n) is 3.82. The maximum absolute atomic E-state index is 12.3. The monoisotopic (exact) mass is 262 g/mol. The zero-order valence-corrected chi connectivity index (χ0v) is 10.4. The molecule has 0 bridgehead atoms. The molecule has 3 rings (SSSR count). The van der Waals surface area contributed by atoms with Gasteiger partial charge >= 0.3 is 5.97 Å². The van der Waals surface area contributed by atoms with Crippen molar-refractivity contribution in [2.45, 2.75) is 13.0 Å². The van der Waals surface area contributed by atoms with E-state index in [9.17, 15) is 9.59 Å². The van der Waals surface area contributed by atoms with Crippen LogP contribution in [-0.4, -0.2) is 36.2 Å². The van der Waals surface area contributed by atoms with Crippen molar-refractivity contribution >= 4 is 23.3 Å². The average Bonchev–Trinajstić information content (AvgIpc) is 2.69. The standard InChI is InChI=1S/C13H14N2O4/c1-13-6-19-5-10(13)14-9-4-7(11(16)17)2-3-8(9)15-12(13)18/h2-4,10,14H,5-6H2,1H3,(H,15,18)(H,16,17). The summed E-state index contributed by atoms with van der Waals surface area (Å²) in [4.78, 5) is 23.2. The molecule has 2 heterocycles. The van der Waals surface area contributed by atoms with Gasteiger partial charge in [0.15, 0.2) is 0 Å². The molecule has 3 N–H and O–H groups in total. The van der Waals surface area contributed by atoms with Gasteiger partial charge in [-0.25, -0.2) is 4.79 Å². The van der Waals surface area contributed by atoms with Gasteiger partial charge in [0, 0.05) is 0 Å². The molecule has 6 nitrogen and oxygen atoms in total. The molecule has 1 amide bonds. The first kappa shape index (κ1) is 12.0. The summed E-state index contributed by atoms with van der Waals surface area (Å²) in [6, 6.07) is 4.46. The predicted molar refractivity (Wildman–Crippen MR) is 68.4 cm³/mol. The van der Waals surface area contributed by atoms with Crippen molar-refractivity contribution < 1.29 is 19.4 Å². The van der Waals surface area contributed by atoms with Gasteiger partial charge in [-0.2, -0.15) is 0 Å². The number of carbonyl (C=O) groups is 2. The van der Waals surface area contributed by atoms with Gasteiger partial charge in [-0.3, -0.25) is 4.79 Å². The van der Waals surface area contributed by atoms with Gasteiger partial charge in [-0.05, 0) is 25.1 Å². The van der Waals surface area contributed by atoms with Gasteiger partial charge in [0.05, 0.1) is 41.6 Å². The normalized spacial score (nSPS) is 28.7. The number of hydrogen-bond donors (Lipinski definition) is 3. The van der Waals surface area contributed by atoms with E-state index >= 15 is 0 Å². The molecule has 1 fully saturated rings. The smallest absolute Gasteiger partial charge is 0.335 e. The van der Waals surface area contributed by atoms with Gasteiger partial charge in [-0.1, -0.05) is 0 Å². The molecule has 0 aliphatic carbocycles. The lowest BCUT2D eigenvalue weighted by molar-refractivity contribution is -0.124. The quantitative estimate of drug-likeness (QED) is 0.706. The number of nitrogens with one attached hydrogen (secondary N) is 2. The lowest BCUT2D eigenvalue weighted by atomic mass is 9.84. The van der Waals surface area contributed by atoms with E-state index in [-0.39, 0.29) is 17.5 Å². The zero-order valence-electron chi connectivity index (χ0n) is 10.4. The first-order valence-electron chi connectivity index (χ1n) is 6.04. The Morgan fingerprint density at radius 1 is 1.47 bits per heavy atom. The minimum atomic E-state index is -0.995. The van der Waals surface area contributed by atoms with Crippen LogP contribution in [0.1, 0.15) is 17.3 Å². The van der Waals surface area contributed by atoms with Crippen molar-refractivity contribution in [3.05, 3.63) is 23.8 Å². The van der Waals surface area contributed by atoms with Crippen LogP contribution in [0.15, 0.2) is 18.2 Å². The summed E-state index contributed by atoms with van der Waals surface area (Å²) in [5.41, 5.74) is 0.767. The van der Waals surface area contributed by atoms with Gasteiger partial charge in [0.2, 0.25) is 5.91 Å². The van der Waals surface area contributed by atoms with Crippen LogP contribution in [0, 0.1) is 5.41 Å². The highest BCUT2D eigenvalue weighted by molar-refractivity contribution is 6.01. The maximum Gasteiger partial charge on any atom is 0.335 e. The Balaban J connectivity index is 2.04. The SMILES string of the molecule is CC12COCC1Nc1cc(C(=O)O)ccc1NC2=O. The number of carbonyl (C=O) groups excluding carboxylic acids is 1. The van der Waals surface area contributed by atoms with Crippen molar-refractivity contribution in [2.24, 2.45) is 5.41 Å². The van der Waals surface area contributed by atoms with Gasteiger partial charge in [0.1, 0.15) is 0 Å². The molecule has 1 saturated heterocycles. The van der Waals surface area contributed by atoms with E-state index < -0.39 is 11.4 Å². The van der Waals surface area contributed by atoms with E-state index in [1.807, 2.05) is 6.92 Å². The summed E-state index contributed by atoms with van der Waals surface area (Å²) >= 11 is 0.